The first kappa shape index (κ1) is 11.3. The summed E-state index contributed by atoms with van der Waals surface area (Å²) >= 11 is 0. The molecule has 0 amide bonds. The molecule has 0 bridgehead atoms. The van der Waals surface area contributed by atoms with Crippen LogP contribution >= 0.6 is 0 Å². The van der Waals surface area contributed by atoms with Crippen molar-refractivity contribution >= 4 is 5.69 Å². The summed E-state index contributed by atoms with van der Waals surface area (Å²) in [5, 5.41) is 0. The number of hydrogen-bond acceptors (Lipinski definition) is 2. The van der Waals surface area contributed by atoms with Gasteiger partial charge in [0.05, 0.1) is 0 Å². The van der Waals surface area contributed by atoms with Gasteiger partial charge < -0.3 is 5.73 Å². The van der Waals surface area contributed by atoms with E-state index < -0.39 is 0 Å². The fourth-order valence-electron chi connectivity index (χ4n) is 2.69. The highest BCUT2D eigenvalue weighted by Crippen LogP contribution is 2.33. The van der Waals surface area contributed by atoms with E-state index in [-0.39, 0.29) is 0 Å². The van der Waals surface area contributed by atoms with Crippen LogP contribution in [0.4, 0.5) is 5.69 Å². The van der Waals surface area contributed by atoms with Gasteiger partial charge in [-0.05, 0) is 29.7 Å². The van der Waals surface area contributed by atoms with Crippen molar-refractivity contribution < 1.29 is 0 Å². The average molecular weight is 238 g/mol. The van der Waals surface area contributed by atoms with Crippen LogP contribution in [0.2, 0.25) is 0 Å². The molecule has 1 atom stereocenters. The Kier molecular flexibility index (Phi) is 2.80. The van der Waals surface area contributed by atoms with E-state index in [0.717, 1.165) is 18.8 Å². The van der Waals surface area contributed by atoms with E-state index in [0.29, 0.717) is 6.04 Å². The van der Waals surface area contributed by atoms with Crippen LogP contribution in [0.15, 0.2) is 48.5 Å². The predicted octanol–water partition coefficient (Wildman–Crippen LogP) is 3.35. The summed E-state index contributed by atoms with van der Waals surface area (Å²) in [5.74, 6) is 0. The van der Waals surface area contributed by atoms with Crippen LogP contribution < -0.4 is 5.73 Å². The van der Waals surface area contributed by atoms with Crippen molar-refractivity contribution in [2.24, 2.45) is 0 Å². The van der Waals surface area contributed by atoms with Crippen LogP contribution in [0.3, 0.4) is 0 Å². The summed E-state index contributed by atoms with van der Waals surface area (Å²) in [6, 6.07) is 17.3. The first-order valence-corrected chi connectivity index (χ1v) is 6.41. The van der Waals surface area contributed by atoms with Gasteiger partial charge >= 0.3 is 0 Å². The molecule has 2 aromatic rings. The average Bonchev–Trinajstić information content (AvgIpc) is 2.84. The van der Waals surface area contributed by atoms with Crippen LogP contribution in [-0.2, 0) is 13.1 Å². The van der Waals surface area contributed by atoms with Gasteiger partial charge in [-0.15, -0.1) is 0 Å². The van der Waals surface area contributed by atoms with Gasteiger partial charge in [-0.1, -0.05) is 42.5 Å². The lowest BCUT2D eigenvalue weighted by Crippen LogP contribution is -2.20. The van der Waals surface area contributed by atoms with E-state index in [1.165, 1.54) is 16.7 Å². The number of benzene rings is 2. The molecule has 1 unspecified atom stereocenters. The normalized spacial score (nSPS) is 16.5. The van der Waals surface area contributed by atoms with E-state index >= 15 is 0 Å². The summed E-state index contributed by atoms with van der Waals surface area (Å²) in [7, 11) is 0. The molecule has 0 saturated carbocycles. The van der Waals surface area contributed by atoms with Gasteiger partial charge in [0.25, 0.3) is 0 Å². The molecule has 0 fully saturated rings. The molecule has 3 rings (SSSR count). The number of fused-ring (bicyclic) bond motifs is 1. The Hall–Kier alpha value is -1.80. The Morgan fingerprint density at radius 3 is 2.50 bits per heavy atom. The highest BCUT2D eigenvalue weighted by Gasteiger charge is 2.25. The van der Waals surface area contributed by atoms with Gasteiger partial charge in [0.1, 0.15) is 0 Å². The van der Waals surface area contributed by atoms with E-state index in [1.807, 2.05) is 12.1 Å². The van der Waals surface area contributed by atoms with Crippen molar-refractivity contribution in [3.05, 3.63) is 65.2 Å². The van der Waals surface area contributed by atoms with Gasteiger partial charge in [0.2, 0.25) is 0 Å². The lowest BCUT2D eigenvalue weighted by atomic mass is 10.1. The second kappa shape index (κ2) is 4.46. The number of rotatable bonds is 2. The highest BCUT2D eigenvalue weighted by molar-refractivity contribution is 5.52. The van der Waals surface area contributed by atoms with Crippen molar-refractivity contribution in [2.45, 2.75) is 26.1 Å². The molecule has 18 heavy (non-hydrogen) atoms. The monoisotopic (exact) mass is 238 g/mol. The van der Waals surface area contributed by atoms with Crippen LogP contribution in [0.5, 0.6) is 0 Å². The van der Waals surface area contributed by atoms with Crippen LogP contribution in [-0.4, -0.2) is 4.90 Å². The number of hydrogen-bond donors (Lipinski definition) is 1. The summed E-state index contributed by atoms with van der Waals surface area (Å²) in [4.78, 5) is 2.47. The number of nitrogens with two attached hydrogens (primary N) is 1. The van der Waals surface area contributed by atoms with Crippen LogP contribution in [0, 0.1) is 0 Å². The molecule has 1 heterocycles. The van der Waals surface area contributed by atoms with E-state index in [9.17, 15) is 0 Å². The third-order valence-corrected chi connectivity index (χ3v) is 3.87. The third kappa shape index (κ3) is 1.89. The minimum absolute atomic E-state index is 0.429. The molecule has 2 N–H and O–H groups in total. The quantitative estimate of drug-likeness (QED) is 0.813. The molecule has 0 aliphatic carbocycles. The molecule has 2 nitrogen and oxygen atoms in total. The molecule has 0 spiro atoms. The zero-order valence-electron chi connectivity index (χ0n) is 10.6. The SMILES string of the molecule is CC(c1ccccc1)N1Cc2cccc(N)c2C1. The molecule has 2 heteroatoms. The predicted molar refractivity (Wildman–Crippen MR) is 75.0 cm³/mol. The highest BCUT2D eigenvalue weighted by atomic mass is 15.2. The summed E-state index contributed by atoms with van der Waals surface area (Å²) in [6.07, 6.45) is 0. The Morgan fingerprint density at radius 1 is 1.00 bits per heavy atom. The number of anilines is 1. The molecular weight excluding hydrogens is 220 g/mol. The second-order valence-corrected chi connectivity index (χ2v) is 4.98. The lowest BCUT2D eigenvalue weighted by molar-refractivity contribution is 0.215. The van der Waals surface area contributed by atoms with Crippen molar-refractivity contribution in [2.75, 3.05) is 5.73 Å². The first-order chi connectivity index (χ1) is 8.75. The van der Waals surface area contributed by atoms with Crippen molar-refractivity contribution in [3.63, 3.8) is 0 Å². The zero-order valence-corrected chi connectivity index (χ0v) is 10.6. The van der Waals surface area contributed by atoms with Crippen molar-refractivity contribution in [1.82, 2.24) is 4.90 Å². The Morgan fingerprint density at radius 2 is 1.78 bits per heavy atom. The summed E-state index contributed by atoms with van der Waals surface area (Å²) in [5.41, 5.74) is 11.0. The van der Waals surface area contributed by atoms with Crippen LogP contribution in [0.1, 0.15) is 29.7 Å². The van der Waals surface area contributed by atoms with Gasteiger partial charge in [-0.25, -0.2) is 0 Å². The third-order valence-electron chi connectivity index (χ3n) is 3.87. The van der Waals surface area contributed by atoms with Gasteiger partial charge in [0.15, 0.2) is 0 Å². The number of nitrogens with zero attached hydrogens (tertiary/aromatic N) is 1. The number of nitrogen functional groups attached to an aromatic ring is 1. The smallest absolute Gasteiger partial charge is 0.0363 e. The van der Waals surface area contributed by atoms with Crippen molar-refractivity contribution in [1.29, 1.82) is 0 Å². The molecule has 0 saturated heterocycles. The fraction of sp³-hybridized carbons (Fsp3) is 0.250. The first-order valence-electron chi connectivity index (χ1n) is 6.41. The lowest BCUT2D eigenvalue weighted by Gasteiger charge is -2.24. The van der Waals surface area contributed by atoms with E-state index in [4.69, 9.17) is 5.73 Å². The van der Waals surface area contributed by atoms with Crippen molar-refractivity contribution in [3.8, 4) is 0 Å². The molecular formula is C16H18N2. The second-order valence-electron chi connectivity index (χ2n) is 4.98. The maximum atomic E-state index is 6.05. The molecule has 0 aromatic heterocycles. The topological polar surface area (TPSA) is 29.3 Å². The van der Waals surface area contributed by atoms with E-state index in [1.54, 1.807) is 0 Å². The Bertz CT molecular complexity index is 548. The van der Waals surface area contributed by atoms with Gasteiger partial charge in [0, 0.05) is 24.8 Å². The maximum Gasteiger partial charge on any atom is 0.0363 e. The standard InChI is InChI=1S/C16H18N2/c1-12(13-6-3-2-4-7-13)18-10-14-8-5-9-16(17)15(14)11-18/h2-9,12H,10-11,17H2,1H3. The zero-order chi connectivity index (χ0) is 12.5. The van der Waals surface area contributed by atoms with Gasteiger partial charge in [-0.3, -0.25) is 4.90 Å². The summed E-state index contributed by atoms with van der Waals surface area (Å²) in [6.45, 7) is 4.21. The fourth-order valence-corrected chi connectivity index (χ4v) is 2.69. The molecule has 0 radical (unpaired) electrons. The molecule has 1 aliphatic rings. The maximum absolute atomic E-state index is 6.05. The largest absolute Gasteiger partial charge is 0.398 e. The minimum Gasteiger partial charge on any atom is -0.398 e. The Balaban J connectivity index is 1.84. The molecule has 2 aromatic carbocycles. The van der Waals surface area contributed by atoms with Crippen LogP contribution in [0.25, 0.3) is 0 Å². The molecule has 1 aliphatic heterocycles. The van der Waals surface area contributed by atoms with Gasteiger partial charge in [-0.2, -0.15) is 0 Å². The Labute approximate surface area is 108 Å². The minimum atomic E-state index is 0.429. The van der Waals surface area contributed by atoms with E-state index in [2.05, 4.69) is 48.2 Å². The molecule has 92 valence electrons. The summed E-state index contributed by atoms with van der Waals surface area (Å²) < 4.78 is 0.